The smallest absolute Gasteiger partial charge is 0.240 e. The molecule has 1 aliphatic carbocycles. The van der Waals surface area contributed by atoms with Crippen molar-refractivity contribution >= 4 is 5.91 Å². The van der Waals surface area contributed by atoms with Crippen LogP contribution in [0.15, 0.2) is 4.52 Å². The molecule has 1 saturated heterocycles. The lowest BCUT2D eigenvalue weighted by Crippen LogP contribution is -2.50. The highest BCUT2D eigenvalue weighted by Crippen LogP contribution is 2.26. The van der Waals surface area contributed by atoms with Crippen molar-refractivity contribution in [3.8, 4) is 0 Å². The molecule has 134 valence electrons. The van der Waals surface area contributed by atoms with Crippen LogP contribution in [-0.4, -0.2) is 52.0 Å². The van der Waals surface area contributed by atoms with Gasteiger partial charge in [-0.05, 0) is 12.8 Å². The van der Waals surface area contributed by atoms with Gasteiger partial charge in [-0.25, -0.2) is 0 Å². The highest BCUT2D eigenvalue weighted by Gasteiger charge is 2.29. The van der Waals surface area contributed by atoms with Crippen LogP contribution in [0.4, 0.5) is 0 Å². The van der Waals surface area contributed by atoms with E-state index in [1.165, 1.54) is 19.3 Å². The summed E-state index contributed by atoms with van der Waals surface area (Å²) in [6, 6.07) is 0. The normalized spacial score (nSPS) is 21.2. The quantitative estimate of drug-likeness (QED) is 0.850. The number of hydrogen-bond donors (Lipinski definition) is 0. The van der Waals surface area contributed by atoms with Crippen molar-refractivity contribution in [2.24, 2.45) is 5.92 Å². The summed E-state index contributed by atoms with van der Waals surface area (Å²) in [6.45, 7) is 10.3. The minimum Gasteiger partial charge on any atom is -0.340 e. The van der Waals surface area contributed by atoms with Gasteiger partial charge in [-0.15, -0.1) is 0 Å². The molecule has 0 N–H and O–H groups in total. The number of rotatable bonds is 3. The molecule has 1 amide bonds. The second-order valence-electron chi connectivity index (χ2n) is 8.20. The van der Waals surface area contributed by atoms with Crippen molar-refractivity contribution in [3.05, 3.63) is 11.7 Å². The van der Waals surface area contributed by atoms with Crippen molar-refractivity contribution in [1.82, 2.24) is 19.9 Å². The van der Waals surface area contributed by atoms with Gasteiger partial charge in [-0.2, -0.15) is 4.98 Å². The Balaban J connectivity index is 1.48. The zero-order valence-corrected chi connectivity index (χ0v) is 15.3. The van der Waals surface area contributed by atoms with Crippen molar-refractivity contribution in [2.45, 2.75) is 64.8 Å². The summed E-state index contributed by atoms with van der Waals surface area (Å²) in [5.74, 6) is 2.08. The lowest BCUT2D eigenvalue weighted by atomic mass is 9.88. The fourth-order valence-electron chi connectivity index (χ4n) is 3.55. The zero-order chi connectivity index (χ0) is 17.2. The molecule has 0 bridgehead atoms. The molecule has 1 aliphatic heterocycles. The number of amides is 1. The van der Waals surface area contributed by atoms with Gasteiger partial charge in [0.25, 0.3) is 0 Å². The number of piperazine rings is 1. The van der Waals surface area contributed by atoms with Crippen LogP contribution in [0.25, 0.3) is 0 Å². The van der Waals surface area contributed by atoms with Crippen molar-refractivity contribution in [2.75, 3.05) is 26.2 Å². The van der Waals surface area contributed by atoms with Crippen molar-refractivity contribution in [1.29, 1.82) is 0 Å². The second-order valence-corrected chi connectivity index (χ2v) is 8.20. The lowest BCUT2D eigenvalue weighted by Gasteiger charge is -2.36. The summed E-state index contributed by atoms with van der Waals surface area (Å²) in [6.07, 6.45) is 5.87. The standard InChI is InChI=1S/C18H30N4O2/c1-18(2,3)17-19-15(24-20-17)13-21-9-11-22(12-10-21)16(23)14-7-5-4-6-8-14/h14H,4-13H2,1-3H3. The average molecular weight is 334 g/mol. The van der Waals surface area contributed by atoms with Crippen LogP contribution in [0.5, 0.6) is 0 Å². The van der Waals surface area contributed by atoms with E-state index in [1.54, 1.807) is 0 Å². The summed E-state index contributed by atoms with van der Waals surface area (Å²) in [4.78, 5) is 21.5. The molecule has 2 aliphatic rings. The molecule has 6 nitrogen and oxygen atoms in total. The SMILES string of the molecule is CC(C)(C)c1noc(CN2CCN(C(=O)C3CCCCC3)CC2)n1. The Morgan fingerprint density at radius 3 is 2.38 bits per heavy atom. The van der Waals surface area contributed by atoms with Gasteiger partial charge in [-0.3, -0.25) is 9.69 Å². The van der Waals surface area contributed by atoms with E-state index >= 15 is 0 Å². The van der Waals surface area contributed by atoms with Gasteiger partial charge in [0.05, 0.1) is 6.54 Å². The van der Waals surface area contributed by atoms with Crippen LogP contribution < -0.4 is 0 Å². The van der Waals surface area contributed by atoms with E-state index in [-0.39, 0.29) is 11.3 Å². The largest absolute Gasteiger partial charge is 0.340 e. The molecule has 0 radical (unpaired) electrons. The molecule has 6 heteroatoms. The Labute approximate surface area is 144 Å². The molecule has 1 aromatic heterocycles. The first kappa shape index (κ1) is 17.4. The van der Waals surface area contributed by atoms with Crippen molar-refractivity contribution in [3.63, 3.8) is 0 Å². The van der Waals surface area contributed by atoms with E-state index in [9.17, 15) is 4.79 Å². The highest BCUT2D eigenvalue weighted by atomic mass is 16.5. The summed E-state index contributed by atoms with van der Waals surface area (Å²) >= 11 is 0. The van der Waals surface area contributed by atoms with Gasteiger partial charge in [0.2, 0.25) is 11.8 Å². The molecule has 0 atom stereocenters. The molecular formula is C18H30N4O2. The van der Waals surface area contributed by atoms with Gasteiger partial charge in [0.1, 0.15) is 0 Å². The maximum absolute atomic E-state index is 12.6. The minimum atomic E-state index is -0.0904. The summed E-state index contributed by atoms with van der Waals surface area (Å²) < 4.78 is 5.38. The summed E-state index contributed by atoms with van der Waals surface area (Å²) in [5, 5.41) is 4.08. The van der Waals surface area contributed by atoms with Gasteiger partial charge in [0.15, 0.2) is 5.82 Å². The molecule has 3 rings (SSSR count). The Hall–Kier alpha value is -1.43. The van der Waals surface area contributed by atoms with E-state index < -0.39 is 0 Å². The first-order valence-electron chi connectivity index (χ1n) is 9.28. The van der Waals surface area contributed by atoms with Crippen LogP contribution in [-0.2, 0) is 16.8 Å². The summed E-state index contributed by atoms with van der Waals surface area (Å²) in [7, 11) is 0. The number of nitrogens with zero attached hydrogens (tertiary/aromatic N) is 4. The van der Waals surface area contributed by atoms with Gasteiger partial charge >= 0.3 is 0 Å². The molecule has 0 spiro atoms. The maximum atomic E-state index is 12.6. The molecule has 2 fully saturated rings. The average Bonchev–Trinajstić information content (AvgIpc) is 3.05. The number of aromatic nitrogens is 2. The third-order valence-corrected chi connectivity index (χ3v) is 5.14. The van der Waals surface area contributed by atoms with Crippen LogP contribution >= 0.6 is 0 Å². The van der Waals surface area contributed by atoms with E-state index in [1.807, 2.05) is 0 Å². The summed E-state index contributed by atoms with van der Waals surface area (Å²) in [5.41, 5.74) is -0.0904. The van der Waals surface area contributed by atoms with E-state index in [0.717, 1.165) is 44.8 Å². The van der Waals surface area contributed by atoms with Crippen LogP contribution in [0, 0.1) is 5.92 Å². The van der Waals surface area contributed by atoms with Gasteiger partial charge in [-0.1, -0.05) is 45.2 Å². The molecule has 24 heavy (non-hydrogen) atoms. The Morgan fingerprint density at radius 1 is 1.12 bits per heavy atom. The van der Waals surface area contributed by atoms with E-state index in [0.29, 0.717) is 18.3 Å². The van der Waals surface area contributed by atoms with Crippen LogP contribution in [0.1, 0.15) is 64.6 Å². The first-order valence-corrected chi connectivity index (χ1v) is 9.28. The Kier molecular flexibility index (Phi) is 5.23. The molecule has 0 aromatic carbocycles. The van der Waals surface area contributed by atoms with Gasteiger partial charge < -0.3 is 9.42 Å². The third-order valence-electron chi connectivity index (χ3n) is 5.14. The lowest BCUT2D eigenvalue weighted by molar-refractivity contribution is -0.138. The third kappa shape index (κ3) is 4.15. The number of hydrogen-bond acceptors (Lipinski definition) is 5. The zero-order valence-electron chi connectivity index (χ0n) is 15.3. The molecule has 0 unspecified atom stereocenters. The van der Waals surface area contributed by atoms with Crippen LogP contribution in [0.2, 0.25) is 0 Å². The highest BCUT2D eigenvalue weighted by molar-refractivity contribution is 5.79. The first-order chi connectivity index (χ1) is 11.4. The fraction of sp³-hybridized carbons (Fsp3) is 0.833. The fourth-order valence-corrected chi connectivity index (χ4v) is 3.55. The Bertz CT molecular complexity index is 550. The Morgan fingerprint density at radius 2 is 1.79 bits per heavy atom. The molecule has 1 aromatic rings. The van der Waals surface area contributed by atoms with E-state index in [4.69, 9.17) is 4.52 Å². The van der Waals surface area contributed by atoms with E-state index in [2.05, 4.69) is 40.7 Å². The van der Waals surface area contributed by atoms with Gasteiger partial charge in [0, 0.05) is 37.5 Å². The molecule has 2 heterocycles. The van der Waals surface area contributed by atoms with Crippen molar-refractivity contribution < 1.29 is 9.32 Å². The number of carbonyl (C=O) groups is 1. The topological polar surface area (TPSA) is 62.5 Å². The second kappa shape index (κ2) is 7.21. The maximum Gasteiger partial charge on any atom is 0.240 e. The monoisotopic (exact) mass is 334 g/mol. The van der Waals surface area contributed by atoms with Crippen LogP contribution in [0.3, 0.4) is 0 Å². The predicted molar refractivity (Wildman–Crippen MR) is 91.4 cm³/mol. The molecule has 1 saturated carbocycles. The molecular weight excluding hydrogens is 304 g/mol. The number of carbonyl (C=O) groups excluding carboxylic acids is 1. The minimum absolute atomic E-state index is 0.0904. The predicted octanol–water partition coefficient (Wildman–Crippen LogP) is 2.59.